The minimum atomic E-state index is -0.393. The number of non-ortho nitro benzene ring substituents is 1. The van der Waals surface area contributed by atoms with Gasteiger partial charge in [0.05, 0.1) is 21.6 Å². The van der Waals surface area contributed by atoms with Crippen LogP contribution in [-0.2, 0) is 0 Å². The van der Waals surface area contributed by atoms with E-state index < -0.39 is 4.92 Å². The van der Waals surface area contributed by atoms with Crippen LogP contribution in [0.15, 0.2) is 42.5 Å². The van der Waals surface area contributed by atoms with Gasteiger partial charge in [0.15, 0.2) is 0 Å². The molecule has 3 rings (SSSR count). The van der Waals surface area contributed by atoms with Gasteiger partial charge in [0.1, 0.15) is 5.39 Å². The summed E-state index contributed by atoms with van der Waals surface area (Å²) in [6.45, 7) is 0.599. The Morgan fingerprint density at radius 2 is 1.87 bits per heavy atom. The van der Waals surface area contributed by atoms with Gasteiger partial charge in [-0.25, -0.2) is 4.98 Å². The highest BCUT2D eigenvalue weighted by atomic mass is 35.5. The second-order valence-corrected chi connectivity index (χ2v) is 4.94. The maximum absolute atomic E-state index is 11.3. The monoisotopic (exact) mass is 333 g/mol. The third-order valence-electron chi connectivity index (χ3n) is 3.52. The minimum Gasteiger partial charge on any atom is -0.396 e. The van der Waals surface area contributed by atoms with Crippen LogP contribution < -0.4 is 5.32 Å². The number of aromatic nitrogens is 1. The van der Waals surface area contributed by atoms with Gasteiger partial charge in [-0.2, -0.15) is 0 Å². The Kier molecular flexibility index (Phi) is 5.31. The summed E-state index contributed by atoms with van der Waals surface area (Å²) in [4.78, 5) is 15.5. The number of aliphatic hydroxyl groups is 1. The van der Waals surface area contributed by atoms with Crippen molar-refractivity contribution in [1.82, 2.24) is 4.98 Å². The summed E-state index contributed by atoms with van der Waals surface area (Å²) in [5, 5.41) is 24.9. The Morgan fingerprint density at radius 1 is 1.13 bits per heavy atom. The number of nitrogens with one attached hydrogen (secondary N) is 1. The fraction of sp³-hybridized carbons (Fsp3) is 0.188. The quantitative estimate of drug-likeness (QED) is 0.323. The van der Waals surface area contributed by atoms with Crippen LogP contribution in [0.3, 0.4) is 0 Å². The van der Waals surface area contributed by atoms with Crippen molar-refractivity contribution in [2.75, 3.05) is 18.5 Å². The second-order valence-electron chi connectivity index (χ2n) is 4.94. The summed E-state index contributed by atoms with van der Waals surface area (Å²) < 4.78 is 0. The first kappa shape index (κ1) is 16.9. The van der Waals surface area contributed by atoms with Crippen molar-refractivity contribution in [2.24, 2.45) is 0 Å². The lowest BCUT2D eigenvalue weighted by atomic mass is 10.1. The summed E-state index contributed by atoms with van der Waals surface area (Å²) in [6.07, 6.45) is 0.568. The average molecular weight is 334 g/mol. The van der Waals surface area contributed by atoms with Gasteiger partial charge in [-0.3, -0.25) is 10.1 Å². The number of nitrogens with zero attached hydrogens (tertiary/aromatic N) is 2. The molecule has 1 aromatic heterocycles. The Hall–Kier alpha value is -2.44. The van der Waals surface area contributed by atoms with E-state index in [0.29, 0.717) is 29.6 Å². The van der Waals surface area contributed by atoms with Crippen LogP contribution >= 0.6 is 12.4 Å². The fourth-order valence-corrected chi connectivity index (χ4v) is 2.55. The predicted octanol–water partition coefficient (Wildman–Crippen LogP) is 3.51. The molecule has 3 aromatic rings. The number of aliphatic hydroxyl groups excluding tert-OH is 1. The van der Waals surface area contributed by atoms with Crippen LogP contribution in [0, 0.1) is 10.1 Å². The molecule has 0 unspecified atom stereocenters. The molecule has 0 saturated heterocycles. The van der Waals surface area contributed by atoms with Crippen LogP contribution in [0.2, 0.25) is 0 Å². The van der Waals surface area contributed by atoms with Gasteiger partial charge in [-0.05, 0) is 18.6 Å². The molecule has 2 N–H and O–H groups in total. The van der Waals surface area contributed by atoms with Crippen molar-refractivity contribution in [3.8, 4) is 0 Å². The smallest absolute Gasteiger partial charge is 0.280 e. The summed E-state index contributed by atoms with van der Waals surface area (Å²) in [5.74, 6) is 0. The summed E-state index contributed by atoms with van der Waals surface area (Å²) in [7, 11) is 0. The number of benzene rings is 2. The van der Waals surface area contributed by atoms with E-state index in [4.69, 9.17) is 5.11 Å². The van der Waals surface area contributed by atoms with Gasteiger partial charge in [-0.15, -0.1) is 12.4 Å². The average Bonchev–Trinajstić information content (AvgIpc) is 2.53. The van der Waals surface area contributed by atoms with Gasteiger partial charge in [0, 0.05) is 24.6 Å². The Balaban J connectivity index is 0.00000192. The molecule has 6 nitrogen and oxygen atoms in total. The van der Waals surface area contributed by atoms with E-state index in [9.17, 15) is 10.1 Å². The largest absolute Gasteiger partial charge is 0.396 e. The van der Waals surface area contributed by atoms with E-state index in [1.165, 1.54) is 6.07 Å². The molecule has 0 spiro atoms. The van der Waals surface area contributed by atoms with E-state index in [1.807, 2.05) is 24.3 Å². The number of anilines is 1. The highest BCUT2D eigenvalue weighted by molar-refractivity contribution is 6.11. The number of hydrogen-bond acceptors (Lipinski definition) is 5. The molecule has 0 aliphatic rings. The molecule has 0 aliphatic heterocycles. The van der Waals surface area contributed by atoms with Crippen molar-refractivity contribution in [3.05, 3.63) is 52.6 Å². The molecule has 0 amide bonds. The maximum Gasteiger partial charge on any atom is 0.280 e. The lowest BCUT2D eigenvalue weighted by Gasteiger charge is -2.13. The Bertz CT molecular complexity index is 854. The van der Waals surface area contributed by atoms with E-state index >= 15 is 0 Å². The minimum absolute atomic E-state index is 0. The first-order valence-corrected chi connectivity index (χ1v) is 7.03. The lowest BCUT2D eigenvalue weighted by Crippen LogP contribution is -2.06. The molecule has 0 saturated carbocycles. The molecular weight excluding hydrogens is 318 g/mol. The normalized spacial score (nSPS) is 10.5. The van der Waals surface area contributed by atoms with E-state index in [-0.39, 0.29) is 24.7 Å². The molecule has 120 valence electrons. The van der Waals surface area contributed by atoms with E-state index in [0.717, 1.165) is 10.9 Å². The number of pyridine rings is 1. The summed E-state index contributed by atoms with van der Waals surface area (Å²) >= 11 is 0. The van der Waals surface area contributed by atoms with Gasteiger partial charge in [-0.1, -0.05) is 24.3 Å². The predicted molar refractivity (Wildman–Crippen MR) is 93.3 cm³/mol. The van der Waals surface area contributed by atoms with Crippen LogP contribution in [0.5, 0.6) is 0 Å². The zero-order valence-electron chi connectivity index (χ0n) is 12.2. The van der Waals surface area contributed by atoms with Gasteiger partial charge in [0.25, 0.3) is 5.69 Å². The molecule has 0 radical (unpaired) electrons. The van der Waals surface area contributed by atoms with Crippen molar-refractivity contribution in [2.45, 2.75) is 6.42 Å². The van der Waals surface area contributed by atoms with E-state index in [1.54, 1.807) is 12.1 Å². The molecule has 0 fully saturated rings. The molecule has 0 aliphatic carbocycles. The number of halogens is 1. The highest BCUT2D eigenvalue weighted by Crippen LogP contribution is 2.36. The van der Waals surface area contributed by atoms with Crippen LogP contribution in [0.25, 0.3) is 21.8 Å². The summed E-state index contributed by atoms with van der Waals surface area (Å²) in [5.41, 5.74) is 2.09. The van der Waals surface area contributed by atoms with Gasteiger partial charge < -0.3 is 10.4 Å². The van der Waals surface area contributed by atoms with E-state index in [2.05, 4.69) is 10.3 Å². The zero-order valence-corrected chi connectivity index (χ0v) is 13.0. The molecule has 23 heavy (non-hydrogen) atoms. The van der Waals surface area contributed by atoms with Crippen molar-refractivity contribution in [1.29, 1.82) is 0 Å². The van der Waals surface area contributed by atoms with Crippen molar-refractivity contribution < 1.29 is 10.0 Å². The molecule has 0 bridgehead atoms. The fourth-order valence-electron chi connectivity index (χ4n) is 2.55. The lowest BCUT2D eigenvalue weighted by molar-refractivity contribution is -0.383. The summed E-state index contributed by atoms with van der Waals surface area (Å²) in [6, 6.07) is 12.4. The zero-order chi connectivity index (χ0) is 15.5. The van der Waals surface area contributed by atoms with Crippen LogP contribution in [0.1, 0.15) is 6.42 Å². The molecule has 0 atom stereocenters. The highest BCUT2D eigenvalue weighted by Gasteiger charge is 2.18. The second kappa shape index (κ2) is 7.21. The molecule has 7 heteroatoms. The third-order valence-corrected chi connectivity index (χ3v) is 3.52. The van der Waals surface area contributed by atoms with Crippen molar-refractivity contribution >= 4 is 45.6 Å². The Morgan fingerprint density at radius 3 is 2.61 bits per heavy atom. The van der Waals surface area contributed by atoms with Gasteiger partial charge in [0.2, 0.25) is 0 Å². The Labute approximate surface area is 138 Å². The third kappa shape index (κ3) is 3.18. The number of nitro groups is 1. The number of nitro benzene ring substituents is 1. The molecule has 2 aromatic carbocycles. The van der Waals surface area contributed by atoms with Gasteiger partial charge >= 0.3 is 0 Å². The topological polar surface area (TPSA) is 88.3 Å². The SMILES string of the molecule is Cl.O=[N+]([O-])c1cccc2nc3ccccc3c(NCCCO)c12. The number of rotatable bonds is 5. The van der Waals surface area contributed by atoms with Crippen molar-refractivity contribution in [3.63, 3.8) is 0 Å². The molecular formula is C16H16ClN3O3. The van der Waals surface area contributed by atoms with Crippen LogP contribution in [0.4, 0.5) is 11.4 Å². The first-order valence-electron chi connectivity index (χ1n) is 7.03. The number of hydrogen-bond donors (Lipinski definition) is 2. The first-order chi connectivity index (χ1) is 10.7. The maximum atomic E-state index is 11.3. The number of fused-ring (bicyclic) bond motifs is 2. The van der Waals surface area contributed by atoms with Crippen LogP contribution in [-0.4, -0.2) is 28.2 Å². The number of para-hydroxylation sites is 1. The molecule has 1 heterocycles. The standard InChI is InChI=1S/C16H15N3O3.ClH/c20-10-4-9-17-16-11-5-1-2-6-12(11)18-13-7-3-8-14(15(13)16)19(21)22;/h1-3,5-8,20H,4,9-10H2,(H,17,18);1H.